The lowest BCUT2D eigenvalue weighted by Gasteiger charge is -2.12. The van der Waals surface area contributed by atoms with Gasteiger partial charge in [-0.1, -0.05) is 31.5 Å². The lowest BCUT2D eigenvalue weighted by atomic mass is 9.96. The number of rotatable bonds is 6. The number of methoxy groups -OCH3 is 2. The van der Waals surface area contributed by atoms with E-state index >= 15 is 0 Å². The minimum Gasteiger partial charge on any atom is -0.497 e. The molecule has 0 bridgehead atoms. The number of ether oxygens (including phenoxy) is 2. The predicted molar refractivity (Wildman–Crippen MR) is 83.6 cm³/mol. The molecule has 0 atom stereocenters. The molecule has 0 amide bonds. The average Bonchev–Trinajstić information content (AvgIpc) is 2.52. The molecule has 20 heavy (non-hydrogen) atoms. The Morgan fingerprint density at radius 1 is 0.900 bits per heavy atom. The van der Waals surface area contributed by atoms with Gasteiger partial charge >= 0.3 is 0 Å². The van der Waals surface area contributed by atoms with E-state index < -0.39 is 0 Å². The van der Waals surface area contributed by atoms with Gasteiger partial charge in [0.2, 0.25) is 0 Å². The molecule has 2 heteroatoms. The fraction of sp³-hybridized carbons (Fsp3) is 0.333. The van der Waals surface area contributed by atoms with Crippen LogP contribution in [0.15, 0.2) is 42.5 Å². The van der Waals surface area contributed by atoms with Crippen LogP contribution in [0.4, 0.5) is 0 Å². The second-order valence-corrected chi connectivity index (χ2v) is 4.86. The highest BCUT2D eigenvalue weighted by Crippen LogP contribution is 2.31. The minimum atomic E-state index is 0.881. The van der Waals surface area contributed by atoms with E-state index in [1.54, 1.807) is 14.2 Å². The normalized spacial score (nSPS) is 10.3. The first kappa shape index (κ1) is 14.4. The van der Waals surface area contributed by atoms with Crippen LogP contribution in [0, 0.1) is 0 Å². The zero-order chi connectivity index (χ0) is 14.4. The van der Waals surface area contributed by atoms with Crippen molar-refractivity contribution in [2.24, 2.45) is 0 Å². The lowest BCUT2D eigenvalue weighted by Crippen LogP contribution is -1.93. The molecule has 0 unspecified atom stereocenters. The Balaban J connectivity index is 2.44. The Hall–Kier alpha value is -1.96. The first-order chi connectivity index (χ1) is 9.78. The predicted octanol–water partition coefficient (Wildman–Crippen LogP) is 4.71. The number of unbranched alkanes of at least 4 members (excludes halogenated alkanes) is 1. The van der Waals surface area contributed by atoms with Crippen LogP contribution in [-0.2, 0) is 6.42 Å². The van der Waals surface area contributed by atoms with Crippen molar-refractivity contribution in [1.82, 2.24) is 0 Å². The monoisotopic (exact) mass is 270 g/mol. The summed E-state index contributed by atoms with van der Waals surface area (Å²) >= 11 is 0. The number of aryl methyl sites for hydroxylation is 1. The zero-order valence-corrected chi connectivity index (χ0v) is 12.5. The number of hydrogen-bond donors (Lipinski definition) is 0. The SMILES string of the molecule is CCCCc1ccc(OC)cc1-c1cccc(OC)c1. The molecule has 2 rings (SSSR count). The van der Waals surface area contributed by atoms with E-state index in [0.717, 1.165) is 17.9 Å². The Labute approximate surface area is 121 Å². The van der Waals surface area contributed by atoms with E-state index in [9.17, 15) is 0 Å². The fourth-order valence-electron chi connectivity index (χ4n) is 2.33. The highest BCUT2D eigenvalue weighted by molar-refractivity contribution is 5.70. The molecule has 2 aromatic carbocycles. The van der Waals surface area contributed by atoms with Gasteiger partial charge < -0.3 is 9.47 Å². The largest absolute Gasteiger partial charge is 0.497 e. The van der Waals surface area contributed by atoms with Crippen molar-refractivity contribution in [2.45, 2.75) is 26.2 Å². The van der Waals surface area contributed by atoms with Gasteiger partial charge in [-0.2, -0.15) is 0 Å². The molecule has 0 fully saturated rings. The standard InChI is InChI=1S/C18H22O2/c1-4-5-7-14-10-11-17(20-3)13-18(14)15-8-6-9-16(12-15)19-2/h6,8-13H,4-5,7H2,1-3H3. The van der Waals surface area contributed by atoms with E-state index in [1.165, 1.54) is 29.5 Å². The van der Waals surface area contributed by atoms with Crippen molar-refractivity contribution < 1.29 is 9.47 Å². The molecule has 0 saturated heterocycles. The molecule has 0 radical (unpaired) electrons. The van der Waals surface area contributed by atoms with Crippen molar-refractivity contribution in [3.05, 3.63) is 48.0 Å². The van der Waals surface area contributed by atoms with E-state index in [-0.39, 0.29) is 0 Å². The van der Waals surface area contributed by atoms with E-state index in [1.807, 2.05) is 18.2 Å². The molecule has 0 aliphatic heterocycles. The summed E-state index contributed by atoms with van der Waals surface area (Å²) in [6.45, 7) is 2.22. The first-order valence-corrected chi connectivity index (χ1v) is 7.09. The van der Waals surface area contributed by atoms with Crippen LogP contribution in [0.2, 0.25) is 0 Å². The third-order valence-electron chi connectivity index (χ3n) is 3.50. The van der Waals surface area contributed by atoms with Crippen LogP contribution in [0.1, 0.15) is 25.3 Å². The number of benzene rings is 2. The molecule has 2 nitrogen and oxygen atoms in total. The molecule has 0 aromatic heterocycles. The summed E-state index contributed by atoms with van der Waals surface area (Å²) in [4.78, 5) is 0. The first-order valence-electron chi connectivity index (χ1n) is 7.09. The molecular formula is C18H22O2. The molecule has 0 aliphatic carbocycles. The highest BCUT2D eigenvalue weighted by Gasteiger charge is 2.08. The maximum Gasteiger partial charge on any atom is 0.119 e. The lowest BCUT2D eigenvalue weighted by molar-refractivity contribution is 0.414. The summed E-state index contributed by atoms with van der Waals surface area (Å²) in [6, 6.07) is 14.5. The third-order valence-corrected chi connectivity index (χ3v) is 3.50. The Morgan fingerprint density at radius 2 is 1.65 bits per heavy atom. The average molecular weight is 270 g/mol. The van der Waals surface area contributed by atoms with Crippen LogP contribution >= 0.6 is 0 Å². The molecular weight excluding hydrogens is 248 g/mol. The van der Waals surface area contributed by atoms with Gasteiger partial charge in [-0.05, 0) is 53.8 Å². The van der Waals surface area contributed by atoms with Gasteiger partial charge in [0.05, 0.1) is 14.2 Å². The minimum absolute atomic E-state index is 0.881. The van der Waals surface area contributed by atoms with Crippen molar-refractivity contribution in [2.75, 3.05) is 14.2 Å². The van der Waals surface area contributed by atoms with Gasteiger partial charge in [-0.25, -0.2) is 0 Å². The third kappa shape index (κ3) is 3.32. The maximum absolute atomic E-state index is 5.36. The molecule has 0 saturated carbocycles. The van der Waals surface area contributed by atoms with Crippen LogP contribution < -0.4 is 9.47 Å². The second kappa shape index (κ2) is 6.99. The van der Waals surface area contributed by atoms with Crippen LogP contribution in [-0.4, -0.2) is 14.2 Å². The summed E-state index contributed by atoms with van der Waals surface area (Å²) in [5.74, 6) is 1.77. The molecule has 106 valence electrons. The maximum atomic E-state index is 5.36. The van der Waals surface area contributed by atoms with Gasteiger partial charge in [-0.15, -0.1) is 0 Å². The van der Waals surface area contributed by atoms with Gasteiger partial charge in [0.1, 0.15) is 11.5 Å². The molecule has 0 N–H and O–H groups in total. The van der Waals surface area contributed by atoms with E-state index in [4.69, 9.17) is 9.47 Å². The summed E-state index contributed by atoms with van der Waals surface area (Å²) in [5, 5.41) is 0. The van der Waals surface area contributed by atoms with Gasteiger partial charge in [0, 0.05) is 0 Å². The smallest absolute Gasteiger partial charge is 0.119 e. The van der Waals surface area contributed by atoms with Crippen molar-refractivity contribution >= 4 is 0 Å². The quantitative estimate of drug-likeness (QED) is 0.756. The summed E-state index contributed by atoms with van der Waals surface area (Å²) in [7, 11) is 3.40. The van der Waals surface area contributed by atoms with Crippen molar-refractivity contribution in [3.63, 3.8) is 0 Å². The van der Waals surface area contributed by atoms with Gasteiger partial charge in [-0.3, -0.25) is 0 Å². The zero-order valence-electron chi connectivity index (χ0n) is 12.5. The Bertz CT molecular complexity index is 561. The summed E-state index contributed by atoms with van der Waals surface area (Å²) < 4.78 is 10.7. The molecule has 2 aromatic rings. The number of hydrogen-bond acceptors (Lipinski definition) is 2. The van der Waals surface area contributed by atoms with E-state index in [0.29, 0.717) is 0 Å². The van der Waals surface area contributed by atoms with Crippen molar-refractivity contribution in [3.8, 4) is 22.6 Å². The summed E-state index contributed by atoms with van der Waals surface area (Å²) in [5.41, 5.74) is 3.77. The molecule has 0 heterocycles. The van der Waals surface area contributed by atoms with Gasteiger partial charge in [0.25, 0.3) is 0 Å². The highest BCUT2D eigenvalue weighted by atomic mass is 16.5. The van der Waals surface area contributed by atoms with Crippen LogP contribution in [0.25, 0.3) is 11.1 Å². The van der Waals surface area contributed by atoms with Crippen LogP contribution in [0.5, 0.6) is 11.5 Å². The Kier molecular flexibility index (Phi) is 5.05. The summed E-state index contributed by atoms with van der Waals surface area (Å²) in [6.07, 6.45) is 3.49. The topological polar surface area (TPSA) is 18.5 Å². The molecule has 0 spiro atoms. The van der Waals surface area contributed by atoms with Crippen molar-refractivity contribution in [1.29, 1.82) is 0 Å². The fourth-order valence-corrected chi connectivity index (χ4v) is 2.33. The van der Waals surface area contributed by atoms with Crippen LogP contribution in [0.3, 0.4) is 0 Å². The molecule has 0 aliphatic rings. The van der Waals surface area contributed by atoms with E-state index in [2.05, 4.69) is 31.2 Å². The Morgan fingerprint density at radius 3 is 2.35 bits per heavy atom. The van der Waals surface area contributed by atoms with Gasteiger partial charge in [0.15, 0.2) is 0 Å². The second-order valence-electron chi connectivity index (χ2n) is 4.86.